The van der Waals surface area contributed by atoms with Crippen LogP contribution in [0.3, 0.4) is 0 Å². The Morgan fingerprint density at radius 3 is 1.92 bits per heavy atom. The van der Waals surface area contributed by atoms with E-state index in [0.717, 1.165) is 0 Å². The van der Waals surface area contributed by atoms with E-state index in [1.807, 2.05) is 22.7 Å². The van der Waals surface area contributed by atoms with Crippen molar-refractivity contribution in [3.05, 3.63) is 121 Å². The molecule has 4 heterocycles. The molecule has 0 atom stereocenters. The summed E-state index contributed by atoms with van der Waals surface area (Å²) in [4.78, 5) is 1.30. The second kappa shape index (κ2) is 7.69. The first kappa shape index (κ1) is 20.1. The average molecular weight is 497 g/mol. The van der Waals surface area contributed by atoms with E-state index in [1.165, 1.54) is 64.1 Å². The molecule has 0 aliphatic heterocycles. The van der Waals surface area contributed by atoms with E-state index in [0.29, 0.717) is 0 Å². The fourth-order valence-corrected chi connectivity index (χ4v) is 7.65. The van der Waals surface area contributed by atoms with Crippen LogP contribution in [-0.4, -0.2) is 9.13 Å². The summed E-state index contributed by atoms with van der Waals surface area (Å²) in [6.07, 6.45) is 0. The predicted molar refractivity (Wildman–Crippen MR) is 156 cm³/mol. The van der Waals surface area contributed by atoms with E-state index in [1.54, 1.807) is 0 Å². The Morgan fingerprint density at radius 1 is 0.472 bits per heavy atom. The largest absolute Gasteiger partial charge is 0.309 e. The zero-order valence-electron chi connectivity index (χ0n) is 19.3. The maximum Gasteiger partial charge on any atom is 0.0711 e. The molecule has 4 heteroatoms. The van der Waals surface area contributed by atoms with Gasteiger partial charge < -0.3 is 9.13 Å². The molecule has 0 saturated carbocycles. The second-order valence-electron chi connectivity index (χ2n) is 9.05. The van der Waals surface area contributed by atoms with Crippen LogP contribution in [0.5, 0.6) is 0 Å². The number of hydrogen-bond acceptors (Lipinski definition) is 2. The van der Waals surface area contributed by atoms with Crippen LogP contribution in [0.1, 0.15) is 0 Å². The summed E-state index contributed by atoms with van der Waals surface area (Å²) in [5, 5.41) is 4.78. The number of rotatable bonds is 3. The Labute approximate surface area is 215 Å². The number of aromatic nitrogens is 2. The first-order chi connectivity index (χ1) is 17.9. The SMILES string of the molecule is c1ccc(-n2c3ccccc3c3cc(-c4cc5c(s4)c4sccc4n5-c4ccccc4)ccc32)cc1. The molecule has 0 amide bonds. The fourth-order valence-electron chi connectivity index (χ4n) is 5.47. The van der Waals surface area contributed by atoms with E-state index >= 15 is 0 Å². The van der Waals surface area contributed by atoms with Gasteiger partial charge in [-0.2, -0.15) is 0 Å². The van der Waals surface area contributed by atoms with Crippen molar-refractivity contribution in [1.29, 1.82) is 0 Å². The molecule has 0 N–H and O–H groups in total. The van der Waals surface area contributed by atoms with Gasteiger partial charge in [-0.3, -0.25) is 0 Å². The Morgan fingerprint density at radius 2 is 1.14 bits per heavy atom. The second-order valence-corrected chi connectivity index (χ2v) is 11.0. The van der Waals surface area contributed by atoms with Crippen LogP contribution in [0.4, 0.5) is 0 Å². The normalized spacial score (nSPS) is 11.9. The number of nitrogens with zero attached hydrogens (tertiary/aromatic N) is 2. The van der Waals surface area contributed by atoms with Gasteiger partial charge in [0.05, 0.1) is 31.5 Å². The van der Waals surface area contributed by atoms with Crippen molar-refractivity contribution in [1.82, 2.24) is 9.13 Å². The van der Waals surface area contributed by atoms with Gasteiger partial charge in [-0.15, -0.1) is 22.7 Å². The molecule has 0 unspecified atom stereocenters. The number of benzene rings is 4. The molecule has 4 aromatic carbocycles. The summed E-state index contributed by atoms with van der Waals surface area (Å²) < 4.78 is 7.51. The molecule has 8 aromatic rings. The Hall–Kier alpha value is -4.12. The van der Waals surface area contributed by atoms with Crippen LogP contribution in [-0.2, 0) is 0 Å². The maximum absolute atomic E-state index is 2.40. The van der Waals surface area contributed by atoms with Gasteiger partial charge in [0, 0.05) is 27.0 Å². The average Bonchev–Trinajstić information content (AvgIpc) is 3.69. The molecule has 4 aromatic heterocycles. The van der Waals surface area contributed by atoms with Gasteiger partial charge in [0.2, 0.25) is 0 Å². The quantitative estimate of drug-likeness (QED) is 0.230. The first-order valence-electron chi connectivity index (χ1n) is 12.0. The topological polar surface area (TPSA) is 9.86 Å². The van der Waals surface area contributed by atoms with E-state index in [4.69, 9.17) is 0 Å². The lowest BCUT2D eigenvalue weighted by molar-refractivity contribution is 1.18. The molecule has 36 heavy (non-hydrogen) atoms. The summed E-state index contributed by atoms with van der Waals surface area (Å²) in [7, 11) is 0. The predicted octanol–water partition coefficient (Wildman–Crippen LogP) is 9.67. The molecule has 8 rings (SSSR count). The molecule has 0 spiro atoms. The molecule has 0 radical (unpaired) electrons. The van der Waals surface area contributed by atoms with Crippen molar-refractivity contribution in [2.24, 2.45) is 0 Å². The number of para-hydroxylation sites is 3. The van der Waals surface area contributed by atoms with E-state index < -0.39 is 0 Å². The van der Waals surface area contributed by atoms with Gasteiger partial charge in [0.25, 0.3) is 0 Å². The van der Waals surface area contributed by atoms with Crippen LogP contribution >= 0.6 is 22.7 Å². The molecule has 0 fully saturated rings. The van der Waals surface area contributed by atoms with Crippen LogP contribution in [0, 0.1) is 0 Å². The summed E-state index contributed by atoms with van der Waals surface area (Å²) in [5.41, 5.74) is 8.72. The summed E-state index contributed by atoms with van der Waals surface area (Å²) in [6.45, 7) is 0. The van der Waals surface area contributed by atoms with Crippen molar-refractivity contribution in [3.63, 3.8) is 0 Å². The van der Waals surface area contributed by atoms with Crippen molar-refractivity contribution in [2.45, 2.75) is 0 Å². The number of thiophene rings is 2. The lowest BCUT2D eigenvalue weighted by atomic mass is 10.1. The summed E-state index contributed by atoms with van der Waals surface area (Å²) in [5.74, 6) is 0. The lowest BCUT2D eigenvalue weighted by Crippen LogP contribution is -1.92. The minimum Gasteiger partial charge on any atom is -0.309 e. The molecule has 2 nitrogen and oxygen atoms in total. The molecular weight excluding hydrogens is 477 g/mol. The monoisotopic (exact) mass is 496 g/mol. The van der Waals surface area contributed by atoms with E-state index in [-0.39, 0.29) is 0 Å². The molecule has 0 aliphatic carbocycles. The maximum atomic E-state index is 2.40. The highest BCUT2D eigenvalue weighted by Gasteiger charge is 2.18. The highest BCUT2D eigenvalue weighted by molar-refractivity contribution is 7.28. The third kappa shape index (κ3) is 2.83. The third-order valence-corrected chi connectivity index (χ3v) is 9.27. The highest BCUT2D eigenvalue weighted by Crippen LogP contribution is 2.44. The number of fused-ring (bicyclic) bond motifs is 6. The van der Waals surface area contributed by atoms with Crippen LogP contribution in [0.15, 0.2) is 121 Å². The van der Waals surface area contributed by atoms with Crippen molar-refractivity contribution in [3.8, 4) is 21.8 Å². The zero-order chi connectivity index (χ0) is 23.6. The van der Waals surface area contributed by atoms with E-state index in [9.17, 15) is 0 Å². The Bertz CT molecular complexity index is 2040. The van der Waals surface area contributed by atoms with Gasteiger partial charge in [-0.25, -0.2) is 0 Å². The van der Waals surface area contributed by atoms with Gasteiger partial charge in [0.15, 0.2) is 0 Å². The molecule has 0 bridgehead atoms. The third-order valence-electron chi connectivity index (χ3n) is 7.03. The highest BCUT2D eigenvalue weighted by atomic mass is 32.1. The summed E-state index contributed by atoms with van der Waals surface area (Å²) in [6, 6.07) is 41.6. The molecular formula is C32H20N2S2. The van der Waals surface area contributed by atoms with E-state index in [2.05, 4.69) is 130 Å². The minimum atomic E-state index is 1.19. The Balaban J connectivity index is 1.37. The van der Waals surface area contributed by atoms with Crippen molar-refractivity contribution >= 4 is 64.9 Å². The van der Waals surface area contributed by atoms with Gasteiger partial charge in [-0.1, -0.05) is 60.7 Å². The smallest absolute Gasteiger partial charge is 0.0711 e. The van der Waals surface area contributed by atoms with Gasteiger partial charge >= 0.3 is 0 Å². The standard InChI is InChI=1S/C32H20N2S2/c1-3-9-22(10-4-1)33-26-14-8-7-13-24(26)25-19-21(15-16-27(25)33)30-20-29-32(36-30)31-28(17-18-35-31)34(29)23-11-5-2-6-12-23/h1-20H. The minimum absolute atomic E-state index is 1.19. The molecule has 0 aliphatic rings. The lowest BCUT2D eigenvalue weighted by Gasteiger charge is -2.07. The van der Waals surface area contributed by atoms with Crippen LogP contribution < -0.4 is 0 Å². The Kier molecular flexibility index (Phi) is 4.30. The summed E-state index contributed by atoms with van der Waals surface area (Å²) >= 11 is 3.73. The van der Waals surface area contributed by atoms with Gasteiger partial charge in [-0.05, 0) is 65.5 Å². The number of hydrogen-bond donors (Lipinski definition) is 0. The van der Waals surface area contributed by atoms with Crippen molar-refractivity contribution in [2.75, 3.05) is 0 Å². The van der Waals surface area contributed by atoms with Gasteiger partial charge in [0.1, 0.15) is 0 Å². The molecule has 0 saturated heterocycles. The van der Waals surface area contributed by atoms with Crippen LogP contribution in [0.2, 0.25) is 0 Å². The van der Waals surface area contributed by atoms with Crippen molar-refractivity contribution < 1.29 is 0 Å². The first-order valence-corrected chi connectivity index (χ1v) is 13.7. The molecule has 170 valence electrons. The zero-order valence-corrected chi connectivity index (χ0v) is 20.9. The van der Waals surface area contributed by atoms with Crippen LogP contribution in [0.25, 0.3) is 64.1 Å². The fraction of sp³-hybridized carbons (Fsp3) is 0.